The fourth-order valence-corrected chi connectivity index (χ4v) is 5.76. The van der Waals surface area contributed by atoms with E-state index in [2.05, 4.69) is 24.6 Å². The maximum atomic E-state index is 11.5. The Labute approximate surface area is 95.8 Å². The van der Waals surface area contributed by atoms with Gasteiger partial charge in [-0.15, -0.1) is 0 Å². The first-order valence-electron chi connectivity index (χ1n) is 5.10. The van der Waals surface area contributed by atoms with Crippen molar-refractivity contribution >= 4 is 26.7 Å². The van der Waals surface area contributed by atoms with Crippen LogP contribution in [0.4, 0.5) is 0 Å². The summed E-state index contributed by atoms with van der Waals surface area (Å²) < 4.78 is 28.2. The fraction of sp³-hybridized carbons (Fsp3) is 1.00. The molecule has 0 aliphatic heterocycles. The number of rotatable bonds is 6. The van der Waals surface area contributed by atoms with Crippen LogP contribution < -0.4 is 4.98 Å². The number of hydrogen-bond acceptors (Lipinski definition) is 4. The molecule has 0 fully saturated rings. The molecule has 15 heavy (non-hydrogen) atoms. The minimum atomic E-state index is -3.34. The van der Waals surface area contributed by atoms with Gasteiger partial charge in [0.05, 0.1) is 5.75 Å². The second-order valence-electron chi connectivity index (χ2n) is 5.63. The molecular weight excluding hydrogens is 246 g/mol. The van der Waals surface area contributed by atoms with Crippen LogP contribution in [0, 0.1) is 0 Å². The van der Waals surface area contributed by atoms with Crippen LogP contribution in [0.2, 0.25) is 39.3 Å². The number of nitrogens with one attached hydrogen (secondary N) is 1. The third-order valence-corrected chi connectivity index (χ3v) is 6.41. The van der Waals surface area contributed by atoms with Crippen molar-refractivity contribution in [3.63, 3.8) is 0 Å². The predicted molar refractivity (Wildman–Crippen MR) is 69.6 cm³/mol. The lowest BCUT2D eigenvalue weighted by atomic mass is 10.8. The van der Waals surface area contributed by atoms with Gasteiger partial charge in [0, 0.05) is 6.54 Å². The average Bonchev–Trinajstić information content (AvgIpc) is 1.75. The summed E-state index contributed by atoms with van der Waals surface area (Å²) in [6, 6.07) is 0. The van der Waals surface area contributed by atoms with Gasteiger partial charge in [0.2, 0.25) is 8.32 Å². The van der Waals surface area contributed by atoms with Gasteiger partial charge in [0.1, 0.15) is 8.24 Å². The summed E-state index contributed by atoms with van der Waals surface area (Å²) in [5, 5.41) is 0. The Morgan fingerprint density at radius 1 is 1.07 bits per heavy atom. The summed E-state index contributed by atoms with van der Waals surface area (Å²) >= 11 is 0. The zero-order valence-electron chi connectivity index (χ0n) is 10.5. The van der Waals surface area contributed by atoms with Crippen LogP contribution in [0.15, 0.2) is 0 Å². The second kappa shape index (κ2) is 5.09. The van der Waals surface area contributed by atoms with Crippen molar-refractivity contribution in [1.82, 2.24) is 4.98 Å². The van der Waals surface area contributed by atoms with Crippen molar-refractivity contribution < 1.29 is 12.3 Å². The lowest BCUT2D eigenvalue weighted by Gasteiger charge is -2.20. The molecule has 0 aromatic heterocycles. The minimum Gasteiger partial charge on any atom is -0.336 e. The summed E-state index contributed by atoms with van der Waals surface area (Å²) in [6.45, 7) is 12.5. The van der Waals surface area contributed by atoms with E-state index in [9.17, 15) is 8.42 Å². The van der Waals surface area contributed by atoms with Crippen molar-refractivity contribution in [3.05, 3.63) is 0 Å². The van der Waals surface area contributed by atoms with Crippen molar-refractivity contribution in [2.24, 2.45) is 0 Å². The van der Waals surface area contributed by atoms with Crippen molar-refractivity contribution in [2.45, 2.75) is 39.3 Å². The minimum absolute atomic E-state index is 0.0710. The van der Waals surface area contributed by atoms with E-state index in [4.69, 9.17) is 3.87 Å². The van der Waals surface area contributed by atoms with E-state index in [1.54, 1.807) is 0 Å². The maximum absolute atomic E-state index is 11.5. The van der Waals surface area contributed by atoms with E-state index in [0.717, 1.165) is 0 Å². The molecule has 1 N–H and O–H groups in total. The molecular formula is C8H23NO3SSi2. The van der Waals surface area contributed by atoms with E-state index in [0.29, 0.717) is 6.54 Å². The molecule has 92 valence electrons. The molecule has 0 atom stereocenters. The van der Waals surface area contributed by atoms with Crippen molar-refractivity contribution in [2.75, 3.05) is 12.3 Å². The van der Waals surface area contributed by atoms with Gasteiger partial charge in [-0.25, -0.2) is 8.42 Å². The van der Waals surface area contributed by atoms with E-state index < -0.39 is 26.7 Å². The normalized spacial score (nSPS) is 14.3. The van der Waals surface area contributed by atoms with E-state index in [1.807, 2.05) is 19.6 Å². The highest BCUT2D eigenvalue weighted by Crippen LogP contribution is 2.08. The van der Waals surface area contributed by atoms with Crippen LogP contribution in [0.25, 0.3) is 0 Å². The first-order chi connectivity index (χ1) is 6.41. The van der Waals surface area contributed by atoms with Crippen LogP contribution in [-0.4, -0.2) is 37.3 Å². The van der Waals surface area contributed by atoms with Crippen LogP contribution >= 0.6 is 0 Å². The average molecular weight is 270 g/mol. The molecule has 0 unspecified atom stereocenters. The Balaban J connectivity index is 4.08. The molecule has 7 heteroatoms. The van der Waals surface area contributed by atoms with Gasteiger partial charge in [0.25, 0.3) is 10.1 Å². The summed E-state index contributed by atoms with van der Waals surface area (Å²) in [6.07, 6.45) is 0. The Bertz CT molecular complexity index is 290. The molecule has 0 amide bonds. The van der Waals surface area contributed by atoms with Gasteiger partial charge in [-0.05, 0) is 19.6 Å². The Kier molecular flexibility index (Phi) is 5.19. The predicted octanol–water partition coefficient (Wildman–Crippen LogP) is 1.59. The molecule has 4 nitrogen and oxygen atoms in total. The van der Waals surface area contributed by atoms with Gasteiger partial charge in [-0.1, -0.05) is 19.6 Å². The van der Waals surface area contributed by atoms with Gasteiger partial charge in [-0.2, -0.15) is 0 Å². The summed E-state index contributed by atoms with van der Waals surface area (Å²) in [5.74, 6) is 0.0710. The summed E-state index contributed by atoms with van der Waals surface area (Å²) in [5.41, 5.74) is 0. The molecule has 0 aromatic carbocycles. The standard InChI is InChI=1S/C8H23NO3SSi2/c1-14(2,3)9-7-8-13(10,11)12-15(4,5)6/h9H,7-8H2,1-6H3. The molecule has 0 bridgehead atoms. The monoisotopic (exact) mass is 269 g/mol. The van der Waals surface area contributed by atoms with E-state index >= 15 is 0 Å². The molecule has 0 rings (SSSR count). The molecule has 0 saturated carbocycles. The molecule has 0 aliphatic carbocycles. The third-order valence-electron chi connectivity index (χ3n) is 1.38. The van der Waals surface area contributed by atoms with Crippen molar-refractivity contribution in [1.29, 1.82) is 0 Å². The maximum Gasteiger partial charge on any atom is 0.259 e. The van der Waals surface area contributed by atoms with Crippen LogP contribution in [-0.2, 0) is 14.0 Å². The van der Waals surface area contributed by atoms with Crippen LogP contribution in [0.1, 0.15) is 0 Å². The highest BCUT2D eigenvalue weighted by Gasteiger charge is 2.24. The lowest BCUT2D eigenvalue weighted by molar-refractivity contribution is 0.485. The van der Waals surface area contributed by atoms with Crippen molar-refractivity contribution in [3.8, 4) is 0 Å². The Morgan fingerprint density at radius 3 is 1.87 bits per heavy atom. The zero-order chi connectivity index (χ0) is 12.3. The fourth-order valence-electron chi connectivity index (χ4n) is 0.974. The Hall–Kier alpha value is 0.304. The zero-order valence-corrected chi connectivity index (χ0v) is 13.4. The van der Waals surface area contributed by atoms with Gasteiger partial charge < -0.3 is 8.85 Å². The lowest BCUT2D eigenvalue weighted by Crippen LogP contribution is -2.44. The topological polar surface area (TPSA) is 55.4 Å². The second-order valence-corrected chi connectivity index (χ2v) is 16.9. The largest absolute Gasteiger partial charge is 0.336 e. The molecule has 0 radical (unpaired) electrons. The van der Waals surface area contributed by atoms with Gasteiger partial charge >= 0.3 is 0 Å². The highest BCUT2D eigenvalue weighted by atomic mass is 32.2. The first-order valence-corrected chi connectivity index (χ1v) is 13.6. The quantitative estimate of drug-likeness (QED) is 0.744. The molecule has 0 heterocycles. The third kappa shape index (κ3) is 10.6. The SMILES string of the molecule is C[Si](C)(C)NCCS(=O)(=O)O[Si](C)(C)C. The summed E-state index contributed by atoms with van der Waals surface area (Å²) in [4.78, 5) is 3.26. The Morgan fingerprint density at radius 2 is 1.53 bits per heavy atom. The van der Waals surface area contributed by atoms with Crippen LogP contribution in [0.5, 0.6) is 0 Å². The summed E-state index contributed by atoms with van der Waals surface area (Å²) in [7, 11) is -6.71. The first kappa shape index (κ1) is 15.3. The highest BCUT2D eigenvalue weighted by molar-refractivity contribution is 7.87. The molecule has 0 aromatic rings. The van der Waals surface area contributed by atoms with E-state index in [1.165, 1.54) is 0 Å². The molecule has 0 spiro atoms. The van der Waals surface area contributed by atoms with Gasteiger partial charge in [-0.3, -0.25) is 0 Å². The molecule has 0 saturated heterocycles. The van der Waals surface area contributed by atoms with Gasteiger partial charge in [0.15, 0.2) is 0 Å². The smallest absolute Gasteiger partial charge is 0.259 e. The van der Waals surface area contributed by atoms with Crippen LogP contribution in [0.3, 0.4) is 0 Å². The molecule has 0 aliphatic rings. The number of hydrogen-bond donors (Lipinski definition) is 1. The van der Waals surface area contributed by atoms with E-state index in [-0.39, 0.29) is 5.75 Å².